The molecule has 2 aromatic rings. The van der Waals surface area contributed by atoms with E-state index in [-0.39, 0.29) is 0 Å². The molecule has 6 nitrogen and oxygen atoms in total. The molecule has 19 heavy (non-hydrogen) atoms. The Hall–Kier alpha value is -2.02. The van der Waals surface area contributed by atoms with Gasteiger partial charge in [-0.3, -0.25) is 5.10 Å². The molecule has 1 aromatic heterocycles. The monoisotopic (exact) mass is 280 g/mol. The number of rotatable bonds is 6. The molecule has 1 heterocycles. The molecular formula is C12H16N4O2S. The Labute approximate surface area is 116 Å². The number of benzene rings is 1. The van der Waals surface area contributed by atoms with Crippen molar-refractivity contribution in [1.82, 2.24) is 14.9 Å². The van der Waals surface area contributed by atoms with E-state index >= 15 is 0 Å². The van der Waals surface area contributed by atoms with Crippen LogP contribution in [0.5, 0.6) is 11.5 Å². The summed E-state index contributed by atoms with van der Waals surface area (Å²) in [5, 5.41) is 6.51. The van der Waals surface area contributed by atoms with Crippen LogP contribution >= 0.6 is 12.2 Å². The molecule has 0 spiro atoms. The van der Waals surface area contributed by atoms with Gasteiger partial charge in [0.15, 0.2) is 11.5 Å². The smallest absolute Gasteiger partial charge is 0.214 e. The summed E-state index contributed by atoms with van der Waals surface area (Å²) in [7, 11) is 1.63. The Morgan fingerprint density at radius 1 is 1.42 bits per heavy atom. The molecule has 0 radical (unpaired) electrons. The largest absolute Gasteiger partial charge is 0.493 e. The molecule has 0 fully saturated rings. The molecule has 0 aliphatic heterocycles. The van der Waals surface area contributed by atoms with Gasteiger partial charge in [0.05, 0.1) is 20.3 Å². The number of hydrogen-bond acceptors (Lipinski definition) is 5. The summed E-state index contributed by atoms with van der Waals surface area (Å²) < 4.78 is 12.9. The first kappa shape index (κ1) is 13.4. The van der Waals surface area contributed by atoms with Gasteiger partial charge in [-0.1, -0.05) is 6.07 Å². The highest BCUT2D eigenvalue weighted by atomic mass is 32.1. The van der Waals surface area contributed by atoms with Crippen molar-refractivity contribution in [2.45, 2.75) is 13.5 Å². The molecule has 0 unspecified atom stereocenters. The summed E-state index contributed by atoms with van der Waals surface area (Å²) in [5.74, 6) is 1.46. The van der Waals surface area contributed by atoms with E-state index < -0.39 is 0 Å². The number of nitrogens with zero attached hydrogens (tertiary/aromatic N) is 2. The van der Waals surface area contributed by atoms with Gasteiger partial charge in [-0.2, -0.15) is 5.10 Å². The summed E-state index contributed by atoms with van der Waals surface area (Å²) in [6, 6.07) is 5.80. The quantitative estimate of drug-likeness (QED) is 0.793. The average molecular weight is 280 g/mol. The third kappa shape index (κ3) is 3.25. The lowest BCUT2D eigenvalue weighted by molar-refractivity contribution is 0.310. The highest BCUT2D eigenvalue weighted by Crippen LogP contribution is 2.27. The predicted molar refractivity (Wildman–Crippen MR) is 74.6 cm³/mol. The van der Waals surface area contributed by atoms with Gasteiger partial charge >= 0.3 is 0 Å². The van der Waals surface area contributed by atoms with E-state index in [0.29, 0.717) is 17.9 Å². The average Bonchev–Trinajstić information content (AvgIpc) is 2.82. The van der Waals surface area contributed by atoms with Crippen LogP contribution in [-0.2, 0) is 6.54 Å². The van der Waals surface area contributed by atoms with Crippen LogP contribution in [0.2, 0.25) is 0 Å². The maximum Gasteiger partial charge on any atom is 0.214 e. The van der Waals surface area contributed by atoms with Crippen molar-refractivity contribution in [2.75, 3.05) is 19.1 Å². The van der Waals surface area contributed by atoms with E-state index in [1.165, 1.54) is 0 Å². The molecule has 0 amide bonds. The van der Waals surface area contributed by atoms with Crippen LogP contribution in [0.3, 0.4) is 0 Å². The number of methoxy groups -OCH3 is 1. The van der Waals surface area contributed by atoms with Crippen LogP contribution in [0.15, 0.2) is 24.5 Å². The normalized spacial score (nSPS) is 10.2. The van der Waals surface area contributed by atoms with E-state index in [4.69, 9.17) is 21.7 Å². The van der Waals surface area contributed by atoms with Crippen molar-refractivity contribution in [1.29, 1.82) is 0 Å². The van der Waals surface area contributed by atoms with Gasteiger partial charge in [0.25, 0.3) is 0 Å². The van der Waals surface area contributed by atoms with Crippen molar-refractivity contribution in [3.8, 4) is 11.5 Å². The molecular weight excluding hydrogens is 264 g/mol. The third-order valence-corrected chi connectivity index (χ3v) is 2.82. The minimum Gasteiger partial charge on any atom is -0.493 e. The summed E-state index contributed by atoms with van der Waals surface area (Å²) >= 11 is 5.05. The number of H-pyrrole nitrogens is 1. The van der Waals surface area contributed by atoms with Crippen LogP contribution in [0.4, 0.5) is 0 Å². The zero-order valence-corrected chi connectivity index (χ0v) is 11.7. The molecule has 2 N–H and O–H groups in total. The fourth-order valence-electron chi connectivity index (χ4n) is 1.64. The van der Waals surface area contributed by atoms with Crippen LogP contribution in [-0.4, -0.2) is 28.6 Å². The standard InChI is InChI=1S/C12H16N4O2S/c1-3-18-11-6-9(4-5-10(11)17-2)7-14-16-8-13-15-12(16)19/h4-6,8,14H,3,7H2,1-2H3,(H,15,19). The number of nitrogens with one attached hydrogen (secondary N) is 2. The van der Waals surface area contributed by atoms with E-state index in [1.807, 2.05) is 25.1 Å². The molecule has 0 saturated carbocycles. The summed E-state index contributed by atoms with van der Waals surface area (Å²) in [6.45, 7) is 3.15. The molecule has 0 atom stereocenters. The highest BCUT2D eigenvalue weighted by molar-refractivity contribution is 7.71. The number of hydrogen-bond donors (Lipinski definition) is 2. The Kier molecular flexibility index (Phi) is 4.40. The number of ether oxygens (including phenoxy) is 2. The van der Waals surface area contributed by atoms with E-state index in [9.17, 15) is 0 Å². The van der Waals surface area contributed by atoms with Gasteiger partial charge < -0.3 is 14.9 Å². The van der Waals surface area contributed by atoms with Gasteiger partial charge in [0.1, 0.15) is 6.33 Å². The van der Waals surface area contributed by atoms with E-state index in [1.54, 1.807) is 18.1 Å². The number of aromatic nitrogens is 3. The molecule has 102 valence electrons. The van der Waals surface area contributed by atoms with Gasteiger partial charge in [0, 0.05) is 0 Å². The fraction of sp³-hybridized carbons (Fsp3) is 0.333. The second kappa shape index (κ2) is 6.24. The molecule has 0 saturated heterocycles. The van der Waals surface area contributed by atoms with Crippen molar-refractivity contribution in [2.24, 2.45) is 0 Å². The topological polar surface area (TPSA) is 64.1 Å². The molecule has 0 bridgehead atoms. The fourth-order valence-corrected chi connectivity index (χ4v) is 1.80. The van der Waals surface area contributed by atoms with E-state index in [0.717, 1.165) is 17.1 Å². The number of aromatic amines is 1. The maximum absolute atomic E-state index is 5.53. The van der Waals surface area contributed by atoms with Crippen LogP contribution in [0, 0.1) is 4.77 Å². The Balaban J connectivity index is 2.10. The minimum atomic E-state index is 0.526. The van der Waals surface area contributed by atoms with Crippen molar-refractivity contribution < 1.29 is 9.47 Å². The second-order valence-electron chi connectivity index (χ2n) is 3.78. The van der Waals surface area contributed by atoms with Crippen molar-refractivity contribution in [3.63, 3.8) is 0 Å². The highest BCUT2D eigenvalue weighted by Gasteiger charge is 2.05. The first-order valence-electron chi connectivity index (χ1n) is 5.90. The zero-order valence-electron chi connectivity index (χ0n) is 10.8. The van der Waals surface area contributed by atoms with Crippen molar-refractivity contribution >= 4 is 12.2 Å². The lowest BCUT2D eigenvalue weighted by Gasteiger charge is -2.12. The lowest BCUT2D eigenvalue weighted by atomic mass is 10.2. The first-order valence-corrected chi connectivity index (χ1v) is 6.31. The van der Waals surface area contributed by atoms with Crippen LogP contribution in [0.1, 0.15) is 12.5 Å². The van der Waals surface area contributed by atoms with Gasteiger partial charge in [-0.25, -0.2) is 4.68 Å². The molecule has 0 aliphatic rings. The first-order chi connectivity index (χ1) is 9.24. The molecule has 2 rings (SSSR count). The third-order valence-electron chi connectivity index (χ3n) is 2.53. The zero-order chi connectivity index (χ0) is 13.7. The minimum absolute atomic E-state index is 0.526. The summed E-state index contributed by atoms with van der Waals surface area (Å²) in [4.78, 5) is 0. The molecule has 1 aromatic carbocycles. The van der Waals surface area contributed by atoms with Crippen LogP contribution < -0.4 is 14.9 Å². The van der Waals surface area contributed by atoms with Gasteiger partial charge in [0.2, 0.25) is 4.77 Å². The SMILES string of the molecule is CCOc1cc(CNn2cn[nH]c2=S)ccc1OC. The predicted octanol–water partition coefficient (Wildman–Crippen LogP) is 2.09. The Morgan fingerprint density at radius 2 is 2.26 bits per heavy atom. The Morgan fingerprint density at radius 3 is 2.89 bits per heavy atom. The second-order valence-corrected chi connectivity index (χ2v) is 4.17. The van der Waals surface area contributed by atoms with E-state index in [2.05, 4.69) is 15.6 Å². The maximum atomic E-state index is 5.53. The lowest BCUT2D eigenvalue weighted by Crippen LogP contribution is -2.13. The molecule has 0 aliphatic carbocycles. The molecule has 7 heteroatoms. The van der Waals surface area contributed by atoms with Crippen LogP contribution in [0.25, 0.3) is 0 Å². The van der Waals surface area contributed by atoms with Gasteiger partial charge in [-0.15, -0.1) is 0 Å². The Bertz CT molecular complexity index is 593. The summed E-state index contributed by atoms with van der Waals surface area (Å²) in [5.41, 5.74) is 4.20. The van der Waals surface area contributed by atoms with Gasteiger partial charge in [-0.05, 0) is 36.8 Å². The van der Waals surface area contributed by atoms with Crippen molar-refractivity contribution in [3.05, 3.63) is 34.9 Å². The summed E-state index contributed by atoms with van der Waals surface area (Å²) in [6.07, 6.45) is 1.59.